The van der Waals surface area contributed by atoms with Crippen LogP contribution in [0.15, 0.2) is 18.6 Å². The van der Waals surface area contributed by atoms with Crippen LogP contribution in [0.5, 0.6) is 0 Å². The minimum atomic E-state index is -0.502. The highest BCUT2D eigenvalue weighted by atomic mass is 16.5. The lowest BCUT2D eigenvalue weighted by Crippen LogP contribution is -2.46. The number of carbonyl (C=O) groups excluding carboxylic acids is 3. The summed E-state index contributed by atoms with van der Waals surface area (Å²) in [6.07, 6.45) is 8.77. The first-order chi connectivity index (χ1) is 13.6. The lowest BCUT2D eigenvalue weighted by atomic mass is 10.1. The van der Waals surface area contributed by atoms with Gasteiger partial charge in [-0.2, -0.15) is 0 Å². The number of ether oxygens (including phenoxy) is 1. The molecule has 0 aliphatic carbocycles. The molecule has 1 aromatic heterocycles. The van der Waals surface area contributed by atoms with Gasteiger partial charge in [0.1, 0.15) is 11.7 Å². The second-order valence-electron chi connectivity index (χ2n) is 7.13. The quantitative estimate of drug-likeness (QED) is 0.692. The van der Waals surface area contributed by atoms with Crippen molar-refractivity contribution in [3.63, 3.8) is 0 Å². The summed E-state index contributed by atoms with van der Waals surface area (Å²) in [6.45, 7) is 1.98. The van der Waals surface area contributed by atoms with E-state index in [1.54, 1.807) is 4.90 Å². The molecule has 0 bridgehead atoms. The molecule has 2 fully saturated rings. The summed E-state index contributed by atoms with van der Waals surface area (Å²) in [5.41, 5.74) is 0.240. The van der Waals surface area contributed by atoms with Gasteiger partial charge in [-0.1, -0.05) is 0 Å². The molecule has 0 saturated carbocycles. The van der Waals surface area contributed by atoms with E-state index in [2.05, 4.69) is 20.6 Å². The Morgan fingerprint density at radius 3 is 2.89 bits per heavy atom. The Morgan fingerprint density at radius 2 is 2.14 bits per heavy atom. The summed E-state index contributed by atoms with van der Waals surface area (Å²) in [6, 6.07) is -0.502. The maximum atomic E-state index is 12.8. The summed E-state index contributed by atoms with van der Waals surface area (Å²) in [5, 5.41) is 5.59. The average molecular weight is 389 g/mol. The molecule has 0 aromatic carbocycles. The molecular weight excluding hydrogens is 362 g/mol. The van der Waals surface area contributed by atoms with Crippen LogP contribution in [0.25, 0.3) is 0 Å². The number of rotatable bonds is 7. The largest absolute Gasteiger partial charge is 0.376 e. The number of hydrogen-bond donors (Lipinski definition) is 2. The molecule has 9 heteroatoms. The van der Waals surface area contributed by atoms with Crippen molar-refractivity contribution < 1.29 is 19.1 Å². The SMILES string of the molecule is O=C(CCN(C[C@H]1CCCO1)C(=O)c1cnccn1)N[C@H]1CCCCNC1=O. The number of amides is 3. The van der Waals surface area contributed by atoms with Gasteiger partial charge in [0.25, 0.3) is 5.91 Å². The number of carbonyl (C=O) groups is 3. The van der Waals surface area contributed by atoms with E-state index in [4.69, 9.17) is 4.74 Å². The molecule has 2 saturated heterocycles. The average Bonchev–Trinajstić information content (AvgIpc) is 3.15. The van der Waals surface area contributed by atoms with Gasteiger partial charge < -0.3 is 20.3 Å². The summed E-state index contributed by atoms with van der Waals surface area (Å²) >= 11 is 0. The molecule has 0 radical (unpaired) electrons. The van der Waals surface area contributed by atoms with E-state index in [1.807, 2.05) is 0 Å². The molecule has 0 spiro atoms. The van der Waals surface area contributed by atoms with E-state index in [0.717, 1.165) is 25.7 Å². The first-order valence-electron chi connectivity index (χ1n) is 9.87. The van der Waals surface area contributed by atoms with E-state index in [0.29, 0.717) is 26.1 Å². The van der Waals surface area contributed by atoms with Crippen LogP contribution in [0, 0.1) is 0 Å². The standard InChI is InChI=1S/C19H27N5O4/c25-17(23-15-5-1-2-7-22-18(15)26)6-10-24(13-14-4-3-11-28-14)19(27)16-12-20-8-9-21-16/h8-9,12,14-15H,1-7,10-11,13H2,(H,22,26)(H,23,25)/t14-,15+/m1/s1. The summed E-state index contributed by atoms with van der Waals surface area (Å²) in [7, 11) is 0. The Kier molecular flexibility index (Phi) is 7.30. The van der Waals surface area contributed by atoms with Gasteiger partial charge in [0.15, 0.2) is 0 Å². The van der Waals surface area contributed by atoms with Crippen LogP contribution in [0.1, 0.15) is 49.0 Å². The second kappa shape index (κ2) is 10.1. The van der Waals surface area contributed by atoms with Crippen LogP contribution < -0.4 is 10.6 Å². The summed E-state index contributed by atoms with van der Waals surface area (Å²) in [4.78, 5) is 46.8. The maximum Gasteiger partial charge on any atom is 0.274 e. The fourth-order valence-corrected chi connectivity index (χ4v) is 3.46. The third kappa shape index (κ3) is 5.72. The minimum absolute atomic E-state index is 0.0312. The normalized spacial score (nSPS) is 22.2. The fraction of sp³-hybridized carbons (Fsp3) is 0.632. The molecule has 9 nitrogen and oxygen atoms in total. The molecule has 28 heavy (non-hydrogen) atoms. The Balaban J connectivity index is 1.57. The number of hydrogen-bond acceptors (Lipinski definition) is 6. The molecule has 1 aromatic rings. The van der Waals surface area contributed by atoms with Crippen LogP contribution in [-0.2, 0) is 14.3 Å². The molecule has 0 unspecified atom stereocenters. The van der Waals surface area contributed by atoms with Crippen molar-refractivity contribution in [1.82, 2.24) is 25.5 Å². The number of aromatic nitrogens is 2. The van der Waals surface area contributed by atoms with Crippen molar-refractivity contribution in [1.29, 1.82) is 0 Å². The van der Waals surface area contributed by atoms with Crippen LogP contribution >= 0.6 is 0 Å². The van der Waals surface area contributed by atoms with E-state index in [1.165, 1.54) is 18.6 Å². The van der Waals surface area contributed by atoms with Gasteiger partial charge in [-0.25, -0.2) is 4.98 Å². The minimum Gasteiger partial charge on any atom is -0.376 e. The highest BCUT2D eigenvalue weighted by molar-refractivity contribution is 5.92. The third-order valence-corrected chi connectivity index (χ3v) is 5.00. The van der Waals surface area contributed by atoms with E-state index in [9.17, 15) is 14.4 Å². The number of nitrogens with zero attached hydrogens (tertiary/aromatic N) is 3. The first-order valence-corrected chi connectivity index (χ1v) is 9.87. The van der Waals surface area contributed by atoms with E-state index >= 15 is 0 Å². The molecule has 3 rings (SSSR count). The smallest absolute Gasteiger partial charge is 0.274 e. The Labute approximate surface area is 164 Å². The third-order valence-electron chi connectivity index (χ3n) is 5.00. The molecule has 2 N–H and O–H groups in total. The van der Waals surface area contributed by atoms with Gasteiger partial charge in [-0.3, -0.25) is 19.4 Å². The van der Waals surface area contributed by atoms with Crippen molar-refractivity contribution >= 4 is 17.7 Å². The van der Waals surface area contributed by atoms with Crippen LogP contribution in [0.4, 0.5) is 0 Å². The topological polar surface area (TPSA) is 114 Å². The first kappa shape index (κ1) is 20.2. The predicted molar refractivity (Wildman–Crippen MR) is 100 cm³/mol. The van der Waals surface area contributed by atoms with Crippen molar-refractivity contribution in [2.45, 2.75) is 50.7 Å². The van der Waals surface area contributed by atoms with Gasteiger partial charge in [-0.05, 0) is 32.1 Å². The lowest BCUT2D eigenvalue weighted by molar-refractivity contribution is -0.129. The molecule has 152 valence electrons. The zero-order valence-corrected chi connectivity index (χ0v) is 15.9. The van der Waals surface area contributed by atoms with Crippen LogP contribution in [0.3, 0.4) is 0 Å². The Hall–Kier alpha value is -2.55. The summed E-state index contributed by atoms with van der Waals surface area (Å²) < 4.78 is 5.64. The van der Waals surface area contributed by atoms with Crippen LogP contribution in [-0.4, -0.2) is 71.0 Å². The second-order valence-corrected chi connectivity index (χ2v) is 7.13. The zero-order chi connectivity index (χ0) is 19.8. The molecule has 2 aliphatic rings. The molecule has 2 aliphatic heterocycles. The van der Waals surface area contributed by atoms with E-state index in [-0.39, 0.29) is 42.5 Å². The monoisotopic (exact) mass is 389 g/mol. The Bertz CT molecular complexity index is 678. The molecular formula is C19H27N5O4. The maximum absolute atomic E-state index is 12.8. The lowest BCUT2D eigenvalue weighted by Gasteiger charge is -2.25. The molecule has 3 heterocycles. The van der Waals surface area contributed by atoms with Gasteiger partial charge in [0.2, 0.25) is 11.8 Å². The van der Waals surface area contributed by atoms with Crippen molar-refractivity contribution in [3.05, 3.63) is 24.3 Å². The summed E-state index contributed by atoms with van der Waals surface area (Å²) in [5.74, 6) is -0.660. The number of nitrogens with one attached hydrogen (secondary N) is 2. The van der Waals surface area contributed by atoms with Gasteiger partial charge in [-0.15, -0.1) is 0 Å². The highest BCUT2D eigenvalue weighted by Gasteiger charge is 2.26. The van der Waals surface area contributed by atoms with Crippen molar-refractivity contribution in [2.75, 3.05) is 26.2 Å². The highest BCUT2D eigenvalue weighted by Crippen LogP contribution is 2.15. The van der Waals surface area contributed by atoms with Gasteiger partial charge in [0.05, 0.1) is 12.3 Å². The zero-order valence-electron chi connectivity index (χ0n) is 15.9. The van der Waals surface area contributed by atoms with Crippen molar-refractivity contribution in [2.24, 2.45) is 0 Å². The van der Waals surface area contributed by atoms with Crippen molar-refractivity contribution in [3.8, 4) is 0 Å². The fourth-order valence-electron chi connectivity index (χ4n) is 3.46. The van der Waals surface area contributed by atoms with Crippen LogP contribution in [0.2, 0.25) is 0 Å². The molecule has 3 amide bonds. The van der Waals surface area contributed by atoms with E-state index < -0.39 is 6.04 Å². The predicted octanol–water partition coefficient (Wildman–Crippen LogP) is 0.273. The molecule has 2 atom stereocenters. The Morgan fingerprint density at radius 1 is 1.25 bits per heavy atom. The van der Waals surface area contributed by atoms with Gasteiger partial charge in [0, 0.05) is 45.1 Å². The van der Waals surface area contributed by atoms with Gasteiger partial charge >= 0.3 is 0 Å².